The Morgan fingerprint density at radius 1 is 0.705 bits per heavy atom. The summed E-state index contributed by atoms with van der Waals surface area (Å²) in [6.07, 6.45) is 1.71. The maximum atomic E-state index is 12.5. The minimum absolute atomic E-state index is 0.0148. The standard InChI is InChI=1S/C29H51N3O12/c1-28(2,7-8-29(3,4)20-26(37)38)19-24(35)32-22(27(39)40)5-6-23(34)30-9-12-42-17-18-44-21-25(36)31-10-13-41-15-16-43-14-11-33/h11,22H,5-10,12-21H2,1-4H3,(H,30,34)(H,31,36)(H,32,35)(H,37,38)(H,39,40). The fourth-order valence-corrected chi connectivity index (χ4v) is 3.88. The van der Waals surface area contributed by atoms with Gasteiger partial charge >= 0.3 is 11.9 Å². The molecule has 0 saturated heterocycles. The van der Waals surface area contributed by atoms with E-state index in [4.69, 9.17) is 24.1 Å². The van der Waals surface area contributed by atoms with Gasteiger partial charge in [0, 0.05) is 25.9 Å². The predicted molar refractivity (Wildman–Crippen MR) is 158 cm³/mol. The van der Waals surface area contributed by atoms with Crippen molar-refractivity contribution in [2.75, 3.05) is 65.9 Å². The monoisotopic (exact) mass is 633 g/mol. The van der Waals surface area contributed by atoms with E-state index in [-0.39, 0.29) is 77.1 Å². The summed E-state index contributed by atoms with van der Waals surface area (Å²) in [6.45, 7) is 9.29. The van der Waals surface area contributed by atoms with E-state index in [0.717, 1.165) is 0 Å². The quantitative estimate of drug-likeness (QED) is 0.0589. The van der Waals surface area contributed by atoms with Gasteiger partial charge in [-0.2, -0.15) is 0 Å². The van der Waals surface area contributed by atoms with Crippen LogP contribution in [0.4, 0.5) is 0 Å². The molecule has 254 valence electrons. The second kappa shape index (κ2) is 23.3. The molecule has 0 radical (unpaired) electrons. The van der Waals surface area contributed by atoms with Crippen LogP contribution >= 0.6 is 0 Å². The van der Waals surface area contributed by atoms with Crippen LogP contribution < -0.4 is 16.0 Å². The van der Waals surface area contributed by atoms with E-state index in [9.17, 15) is 33.9 Å². The lowest BCUT2D eigenvalue weighted by atomic mass is 9.76. The number of ether oxygens (including phenoxy) is 4. The molecule has 0 aliphatic rings. The van der Waals surface area contributed by atoms with E-state index in [0.29, 0.717) is 45.5 Å². The first-order chi connectivity index (χ1) is 20.7. The minimum Gasteiger partial charge on any atom is -0.481 e. The highest BCUT2D eigenvalue weighted by Crippen LogP contribution is 2.35. The molecule has 15 nitrogen and oxygen atoms in total. The Kier molecular flexibility index (Phi) is 21.6. The summed E-state index contributed by atoms with van der Waals surface area (Å²) in [7, 11) is 0. The van der Waals surface area contributed by atoms with Gasteiger partial charge in [0.15, 0.2) is 0 Å². The normalized spacial score (nSPS) is 12.3. The van der Waals surface area contributed by atoms with Crippen LogP contribution in [0.1, 0.15) is 66.2 Å². The predicted octanol–water partition coefficient (Wildman–Crippen LogP) is 0.531. The van der Waals surface area contributed by atoms with Crippen molar-refractivity contribution in [1.29, 1.82) is 0 Å². The number of carbonyl (C=O) groups excluding carboxylic acids is 4. The van der Waals surface area contributed by atoms with Crippen LogP contribution in [-0.2, 0) is 47.7 Å². The Morgan fingerprint density at radius 3 is 1.77 bits per heavy atom. The minimum atomic E-state index is -1.24. The first kappa shape index (κ1) is 40.9. The number of carboxylic acids is 2. The van der Waals surface area contributed by atoms with Gasteiger partial charge in [0.25, 0.3) is 0 Å². The van der Waals surface area contributed by atoms with E-state index in [1.54, 1.807) is 0 Å². The van der Waals surface area contributed by atoms with Crippen molar-refractivity contribution >= 4 is 35.9 Å². The molecule has 0 aliphatic heterocycles. The van der Waals surface area contributed by atoms with Crippen molar-refractivity contribution in [2.24, 2.45) is 10.8 Å². The third-order valence-corrected chi connectivity index (χ3v) is 6.34. The molecule has 0 aromatic heterocycles. The van der Waals surface area contributed by atoms with Crippen molar-refractivity contribution in [1.82, 2.24) is 16.0 Å². The van der Waals surface area contributed by atoms with Gasteiger partial charge in [-0.3, -0.25) is 19.2 Å². The summed E-state index contributed by atoms with van der Waals surface area (Å²) < 4.78 is 20.7. The average molecular weight is 634 g/mol. The number of carboxylic acid groups (broad SMARTS) is 2. The van der Waals surface area contributed by atoms with Gasteiger partial charge in [-0.15, -0.1) is 0 Å². The maximum absolute atomic E-state index is 12.5. The molecule has 0 saturated carbocycles. The van der Waals surface area contributed by atoms with Crippen LogP contribution in [0.3, 0.4) is 0 Å². The van der Waals surface area contributed by atoms with Crippen molar-refractivity contribution in [3.8, 4) is 0 Å². The highest BCUT2D eigenvalue weighted by Gasteiger charge is 2.29. The third kappa shape index (κ3) is 24.3. The molecule has 5 N–H and O–H groups in total. The van der Waals surface area contributed by atoms with E-state index in [2.05, 4.69) is 16.0 Å². The fraction of sp³-hybridized carbons (Fsp3) is 0.793. The third-order valence-electron chi connectivity index (χ3n) is 6.34. The fourth-order valence-electron chi connectivity index (χ4n) is 3.88. The largest absolute Gasteiger partial charge is 0.481 e. The van der Waals surface area contributed by atoms with Crippen LogP contribution in [0.2, 0.25) is 0 Å². The van der Waals surface area contributed by atoms with Crippen molar-refractivity contribution < 1.29 is 57.9 Å². The molecule has 0 rings (SSSR count). The molecule has 0 aromatic carbocycles. The topological polar surface area (TPSA) is 216 Å². The van der Waals surface area contributed by atoms with E-state index in [1.165, 1.54) is 0 Å². The van der Waals surface area contributed by atoms with Crippen LogP contribution in [-0.4, -0.2) is 118 Å². The molecule has 0 aliphatic carbocycles. The molecule has 3 amide bonds. The van der Waals surface area contributed by atoms with Gasteiger partial charge < -0.3 is 49.9 Å². The zero-order valence-electron chi connectivity index (χ0n) is 26.4. The summed E-state index contributed by atoms with van der Waals surface area (Å²) in [5.41, 5.74) is -0.899. The molecule has 1 atom stereocenters. The molecular weight excluding hydrogens is 582 g/mol. The van der Waals surface area contributed by atoms with Gasteiger partial charge in [0.05, 0.1) is 46.1 Å². The van der Waals surface area contributed by atoms with E-state index >= 15 is 0 Å². The maximum Gasteiger partial charge on any atom is 0.326 e. The molecule has 0 bridgehead atoms. The number of aldehydes is 1. The lowest BCUT2D eigenvalue weighted by Gasteiger charge is -2.30. The summed E-state index contributed by atoms with van der Waals surface area (Å²) >= 11 is 0. The van der Waals surface area contributed by atoms with Gasteiger partial charge in [0.2, 0.25) is 17.7 Å². The zero-order valence-corrected chi connectivity index (χ0v) is 26.4. The highest BCUT2D eigenvalue weighted by molar-refractivity contribution is 5.84. The van der Waals surface area contributed by atoms with Gasteiger partial charge in [-0.05, 0) is 30.1 Å². The average Bonchev–Trinajstić information content (AvgIpc) is 2.91. The second-order valence-electron chi connectivity index (χ2n) is 11.8. The molecule has 44 heavy (non-hydrogen) atoms. The Morgan fingerprint density at radius 2 is 1.23 bits per heavy atom. The highest BCUT2D eigenvalue weighted by atomic mass is 16.5. The van der Waals surface area contributed by atoms with Crippen molar-refractivity contribution in [3.05, 3.63) is 0 Å². The SMILES string of the molecule is CC(C)(CCC(C)(C)CC(=O)NC(CCC(=O)NCCOCCOCC(=O)NCCOCCOCC=O)C(=O)O)CC(=O)O. The molecule has 1 unspecified atom stereocenters. The van der Waals surface area contributed by atoms with Gasteiger partial charge in [-0.1, -0.05) is 27.7 Å². The smallest absolute Gasteiger partial charge is 0.326 e. The van der Waals surface area contributed by atoms with Crippen LogP contribution in [0.25, 0.3) is 0 Å². The lowest BCUT2D eigenvalue weighted by molar-refractivity contribution is -0.142. The number of nitrogens with one attached hydrogen (secondary N) is 3. The number of carbonyl (C=O) groups is 6. The number of aliphatic carboxylic acids is 2. The zero-order chi connectivity index (χ0) is 33.4. The van der Waals surface area contributed by atoms with Crippen LogP contribution in [0.5, 0.6) is 0 Å². The Bertz CT molecular complexity index is 895. The second-order valence-corrected chi connectivity index (χ2v) is 11.8. The summed E-state index contributed by atoms with van der Waals surface area (Å²) in [5.74, 6) is -3.27. The summed E-state index contributed by atoms with van der Waals surface area (Å²) in [4.78, 5) is 69.1. The Balaban J connectivity index is 4.04. The molecular formula is C29H51N3O12. The van der Waals surface area contributed by atoms with Crippen LogP contribution in [0.15, 0.2) is 0 Å². The van der Waals surface area contributed by atoms with Gasteiger partial charge in [0.1, 0.15) is 25.5 Å². The Labute approximate surface area is 259 Å². The van der Waals surface area contributed by atoms with Gasteiger partial charge in [-0.25, -0.2) is 4.79 Å². The summed E-state index contributed by atoms with van der Waals surface area (Å²) in [5, 5.41) is 26.3. The van der Waals surface area contributed by atoms with E-state index in [1.807, 2.05) is 27.7 Å². The van der Waals surface area contributed by atoms with Crippen LogP contribution in [0, 0.1) is 10.8 Å². The number of hydrogen-bond donors (Lipinski definition) is 5. The number of rotatable bonds is 28. The lowest BCUT2D eigenvalue weighted by Crippen LogP contribution is -2.43. The van der Waals surface area contributed by atoms with E-state index < -0.39 is 34.7 Å². The number of amides is 3. The molecule has 0 spiro atoms. The first-order valence-electron chi connectivity index (χ1n) is 14.7. The van der Waals surface area contributed by atoms with Crippen molar-refractivity contribution in [3.63, 3.8) is 0 Å². The molecule has 0 fully saturated rings. The van der Waals surface area contributed by atoms with Crippen molar-refractivity contribution in [2.45, 2.75) is 72.3 Å². The number of hydrogen-bond acceptors (Lipinski definition) is 10. The Hall–Kier alpha value is -3.14. The summed E-state index contributed by atoms with van der Waals surface area (Å²) in [6, 6.07) is -1.22. The first-order valence-corrected chi connectivity index (χ1v) is 14.7. The molecule has 0 heterocycles. The molecule has 0 aromatic rings. The molecule has 15 heteroatoms.